The number of ether oxygens (including phenoxy) is 2. The predicted molar refractivity (Wildman–Crippen MR) is 118 cm³/mol. The molecule has 4 rings (SSSR count). The van der Waals surface area contributed by atoms with Gasteiger partial charge >= 0.3 is 0 Å². The van der Waals surface area contributed by atoms with E-state index in [1.807, 2.05) is 36.4 Å². The van der Waals surface area contributed by atoms with E-state index in [1.165, 1.54) is 5.56 Å². The normalized spacial score (nSPS) is 15.6. The minimum atomic E-state index is -0.563. The van der Waals surface area contributed by atoms with Crippen molar-refractivity contribution < 1.29 is 14.3 Å². The maximum absolute atomic E-state index is 12.5. The zero-order chi connectivity index (χ0) is 20.8. The molecule has 1 atom stereocenters. The van der Waals surface area contributed by atoms with Crippen LogP contribution in [0.1, 0.15) is 18.1 Å². The molecular formula is C25H28N2O3. The van der Waals surface area contributed by atoms with Gasteiger partial charge < -0.3 is 14.8 Å². The van der Waals surface area contributed by atoms with E-state index in [4.69, 9.17) is 9.47 Å². The molecular weight excluding hydrogens is 376 g/mol. The molecule has 0 aromatic heterocycles. The Balaban J connectivity index is 1.26. The van der Waals surface area contributed by atoms with Crippen molar-refractivity contribution in [2.24, 2.45) is 0 Å². The van der Waals surface area contributed by atoms with Crippen molar-refractivity contribution >= 4 is 16.7 Å². The van der Waals surface area contributed by atoms with E-state index in [1.54, 1.807) is 6.92 Å². The highest BCUT2D eigenvalue weighted by molar-refractivity contribution is 5.84. The summed E-state index contributed by atoms with van der Waals surface area (Å²) in [5.74, 6) is 0.573. The number of nitrogens with zero attached hydrogens (tertiary/aromatic N) is 1. The van der Waals surface area contributed by atoms with Gasteiger partial charge in [0.15, 0.2) is 6.10 Å². The Morgan fingerprint density at radius 1 is 1.00 bits per heavy atom. The number of hydrogen-bond acceptors (Lipinski definition) is 4. The van der Waals surface area contributed by atoms with Crippen LogP contribution in [-0.4, -0.2) is 43.2 Å². The van der Waals surface area contributed by atoms with E-state index in [2.05, 4.69) is 40.5 Å². The second kappa shape index (κ2) is 9.74. The van der Waals surface area contributed by atoms with Gasteiger partial charge in [-0.2, -0.15) is 0 Å². The van der Waals surface area contributed by atoms with Crippen molar-refractivity contribution in [2.75, 3.05) is 26.3 Å². The largest absolute Gasteiger partial charge is 0.481 e. The Hall–Kier alpha value is -2.89. The van der Waals surface area contributed by atoms with Gasteiger partial charge in [0.05, 0.1) is 13.2 Å². The third-order valence-electron chi connectivity index (χ3n) is 5.40. The number of fused-ring (bicyclic) bond motifs is 1. The number of benzene rings is 3. The highest BCUT2D eigenvalue weighted by Crippen LogP contribution is 2.21. The lowest BCUT2D eigenvalue weighted by Crippen LogP contribution is -2.36. The molecule has 1 heterocycles. The Morgan fingerprint density at radius 2 is 1.70 bits per heavy atom. The summed E-state index contributed by atoms with van der Waals surface area (Å²) in [6.07, 6.45) is -0.563. The fraction of sp³-hybridized carbons (Fsp3) is 0.320. The molecule has 0 bridgehead atoms. The van der Waals surface area contributed by atoms with Gasteiger partial charge in [0, 0.05) is 26.2 Å². The number of nitrogens with one attached hydrogen (secondary N) is 1. The molecule has 156 valence electrons. The second-order valence-electron chi connectivity index (χ2n) is 7.69. The van der Waals surface area contributed by atoms with E-state index in [0.29, 0.717) is 12.3 Å². The number of hydrogen-bond donors (Lipinski definition) is 1. The predicted octanol–water partition coefficient (Wildman–Crippen LogP) is 3.76. The van der Waals surface area contributed by atoms with Gasteiger partial charge in [0.25, 0.3) is 5.91 Å². The monoisotopic (exact) mass is 404 g/mol. The first-order valence-electron chi connectivity index (χ1n) is 10.5. The van der Waals surface area contributed by atoms with Gasteiger partial charge in [-0.25, -0.2) is 0 Å². The van der Waals surface area contributed by atoms with Gasteiger partial charge in [-0.3, -0.25) is 9.69 Å². The minimum Gasteiger partial charge on any atom is -0.481 e. The van der Waals surface area contributed by atoms with Crippen molar-refractivity contribution in [3.63, 3.8) is 0 Å². The van der Waals surface area contributed by atoms with E-state index in [9.17, 15) is 4.79 Å². The molecule has 5 heteroatoms. The topological polar surface area (TPSA) is 50.8 Å². The molecule has 1 aliphatic heterocycles. The highest BCUT2D eigenvalue weighted by atomic mass is 16.5. The smallest absolute Gasteiger partial charge is 0.261 e. The quantitative estimate of drug-likeness (QED) is 0.652. The molecule has 3 aromatic rings. The summed E-state index contributed by atoms with van der Waals surface area (Å²) >= 11 is 0. The minimum absolute atomic E-state index is 0.124. The molecule has 3 aromatic carbocycles. The van der Waals surface area contributed by atoms with Crippen LogP contribution in [0.3, 0.4) is 0 Å². The Morgan fingerprint density at radius 3 is 2.47 bits per heavy atom. The average molecular weight is 405 g/mol. The number of rotatable bonds is 7. The molecule has 1 amide bonds. The molecule has 5 nitrogen and oxygen atoms in total. The van der Waals surface area contributed by atoms with Crippen molar-refractivity contribution in [3.05, 3.63) is 77.9 Å². The van der Waals surface area contributed by atoms with Crippen molar-refractivity contribution in [3.8, 4) is 5.75 Å². The maximum atomic E-state index is 12.5. The van der Waals surface area contributed by atoms with Crippen LogP contribution in [0.5, 0.6) is 5.75 Å². The molecule has 0 aliphatic carbocycles. The van der Waals surface area contributed by atoms with Crippen LogP contribution in [-0.2, 0) is 22.6 Å². The number of carbonyl (C=O) groups is 1. The maximum Gasteiger partial charge on any atom is 0.261 e. The number of amides is 1. The van der Waals surface area contributed by atoms with Gasteiger partial charge in [0.1, 0.15) is 5.75 Å². The van der Waals surface area contributed by atoms with Crippen LogP contribution >= 0.6 is 0 Å². The Labute approximate surface area is 177 Å². The van der Waals surface area contributed by atoms with Crippen LogP contribution in [0.15, 0.2) is 66.7 Å². The molecule has 1 N–H and O–H groups in total. The Kier molecular flexibility index (Phi) is 6.62. The van der Waals surface area contributed by atoms with E-state index in [0.717, 1.165) is 49.2 Å². The SMILES string of the molecule is CC(Oc1ccc2ccccc2c1)C(=O)NCc1ccc(CN2CCOCC2)cc1. The van der Waals surface area contributed by atoms with Gasteiger partial charge in [-0.15, -0.1) is 0 Å². The summed E-state index contributed by atoms with van der Waals surface area (Å²) in [4.78, 5) is 14.9. The van der Waals surface area contributed by atoms with Gasteiger partial charge in [-0.05, 0) is 41.0 Å². The van der Waals surface area contributed by atoms with E-state index in [-0.39, 0.29) is 5.91 Å². The number of carbonyl (C=O) groups excluding carboxylic acids is 1. The molecule has 1 aliphatic rings. The average Bonchev–Trinajstić information content (AvgIpc) is 2.79. The second-order valence-corrected chi connectivity index (χ2v) is 7.69. The third-order valence-corrected chi connectivity index (χ3v) is 5.40. The van der Waals surface area contributed by atoms with E-state index >= 15 is 0 Å². The zero-order valence-corrected chi connectivity index (χ0v) is 17.3. The van der Waals surface area contributed by atoms with Gasteiger partial charge in [-0.1, -0.05) is 54.6 Å². The summed E-state index contributed by atoms with van der Waals surface area (Å²) in [7, 11) is 0. The lowest BCUT2D eigenvalue weighted by molar-refractivity contribution is -0.127. The summed E-state index contributed by atoms with van der Waals surface area (Å²) in [6.45, 7) is 6.78. The van der Waals surface area contributed by atoms with Crippen LogP contribution in [0, 0.1) is 0 Å². The fourth-order valence-electron chi connectivity index (χ4n) is 3.61. The molecule has 1 fully saturated rings. The first-order valence-corrected chi connectivity index (χ1v) is 10.5. The van der Waals surface area contributed by atoms with Crippen LogP contribution in [0.4, 0.5) is 0 Å². The van der Waals surface area contributed by atoms with Crippen molar-refractivity contribution in [1.29, 1.82) is 0 Å². The van der Waals surface area contributed by atoms with Crippen LogP contribution < -0.4 is 10.1 Å². The van der Waals surface area contributed by atoms with Crippen LogP contribution in [0.25, 0.3) is 10.8 Å². The van der Waals surface area contributed by atoms with Crippen LogP contribution in [0.2, 0.25) is 0 Å². The Bertz CT molecular complexity index is 981. The first-order chi connectivity index (χ1) is 14.7. The summed E-state index contributed by atoms with van der Waals surface area (Å²) in [5.41, 5.74) is 2.35. The van der Waals surface area contributed by atoms with E-state index < -0.39 is 6.10 Å². The summed E-state index contributed by atoms with van der Waals surface area (Å²) in [6, 6.07) is 22.4. The lowest BCUT2D eigenvalue weighted by Gasteiger charge is -2.26. The molecule has 1 saturated heterocycles. The molecule has 0 spiro atoms. The van der Waals surface area contributed by atoms with Crippen molar-refractivity contribution in [1.82, 2.24) is 10.2 Å². The molecule has 1 unspecified atom stereocenters. The third kappa shape index (κ3) is 5.38. The molecule has 30 heavy (non-hydrogen) atoms. The standard InChI is InChI=1S/C25H28N2O3/c1-19(30-24-11-10-22-4-2-3-5-23(22)16-24)25(28)26-17-20-6-8-21(9-7-20)18-27-12-14-29-15-13-27/h2-11,16,19H,12-15,17-18H2,1H3,(H,26,28). The molecule has 0 radical (unpaired) electrons. The first kappa shape index (κ1) is 20.4. The molecule has 0 saturated carbocycles. The fourth-order valence-corrected chi connectivity index (χ4v) is 3.61. The number of morpholine rings is 1. The lowest BCUT2D eigenvalue weighted by atomic mass is 10.1. The zero-order valence-electron chi connectivity index (χ0n) is 17.3. The van der Waals surface area contributed by atoms with Crippen molar-refractivity contribution in [2.45, 2.75) is 26.1 Å². The highest BCUT2D eigenvalue weighted by Gasteiger charge is 2.15. The summed E-state index contributed by atoms with van der Waals surface area (Å²) in [5, 5.41) is 5.21. The summed E-state index contributed by atoms with van der Waals surface area (Å²) < 4.78 is 11.2. The van der Waals surface area contributed by atoms with Gasteiger partial charge in [0.2, 0.25) is 0 Å².